The minimum Gasteiger partial charge on any atom is -0.490 e. The molecule has 29 heavy (non-hydrogen) atoms. The Bertz CT molecular complexity index is 771. The van der Waals surface area contributed by atoms with Gasteiger partial charge in [0.2, 0.25) is 0 Å². The number of benzene rings is 1. The molecule has 1 aliphatic carbocycles. The third-order valence-electron chi connectivity index (χ3n) is 5.36. The van der Waals surface area contributed by atoms with E-state index in [-0.39, 0.29) is 18.4 Å². The topological polar surface area (TPSA) is 92.2 Å². The molecule has 1 saturated carbocycles. The number of carbonyl (C=O) groups excluding carboxylic acids is 3. The van der Waals surface area contributed by atoms with Crippen LogP contribution in [0, 0.1) is 0 Å². The van der Waals surface area contributed by atoms with E-state index < -0.39 is 11.6 Å². The van der Waals surface area contributed by atoms with E-state index in [4.69, 9.17) is 4.74 Å². The highest BCUT2D eigenvalue weighted by atomic mass is 16.5. The molecule has 2 aliphatic rings. The predicted molar refractivity (Wildman–Crippen MR) is 107 cm³/mol. The van der Waals surface area contributed by atoms with E-state index in [2.05, 4.69) is 17.3 Å². The number of nitrogens with one attached hydrogen (secondary N) is 3. The predicted octanol–water partition coefficient (Wildman–Crippen LogP) is 0.552. The van der Waals surface area contributed by atoms with Gasteiger partial charge in [-0.1, -0.05) is 31.9 Å². The van der Waals surface area contributed by atoms with Crippen molar-refractivity contribution in [3.8, 4) is 5.75 Å². The van der Waals surface area contributed by atoms with E-state index in [9.17, 15) is 14.4 Å². The van der Waals surface area contributed by atoms with Crippen LogP contribution in [-0.4, -0.2) is 48.6 Å². The Morgan fingerprint density at radius 2 is 1.97 bits per heavy atom. The molecule has 1 aromatic rings. The van der Waals surface area contributed by atoms with Gasteiger partial charge in [-0.3, -0.25) is 15.0 Å². The Hall–Kier alpha value is -2.87. The molecular weight excluding hydrogens is 372 g/mol. The van der Waals surface area contributed by atoms with Crippen LogP contribution in [0.1, 0.15) is 37.7 Å². The number of hydrogen-bond acceptors (Lipinski definition) is 4. The molecule has 3 N–H and O–H groups in total. The molecule has 1 atom stereocenters. The number of urea groups is 1. The van der Waals surface area contributed by atoms with Crippen molar-refractivity contribution >= 4 is 17.8 Å². The number of carbonyl (C=O) groups is 3. The van der Waals surface area contributed by atoms with Crippen molar-refractivity contribution in [1.82, 2.24) is 15.8 Å². The van der Waals surface area contributed by atoms with Crippen LogP contribution in [0.15, 0.2) is 36.9 Å². The van der Waals surface area contributed by atoms with Gasteiger partial charge >= 0.3 is 6.03 Å². The number of imide groups is 1. The lowest BCUT2D eigenvalue weighted by Gasteiger charge is -2.30. The molecule has 0 aromatic heterocycles. The Labute approximate surface area is 170 Å². The van der Waals surface area contributed by atoms with Crippen molar-refractivity contribution in [3.63, 3.8) is 0 Å². The van der Waals surface area contributed by atoms with Crippen LogP contribution < -0.4 is 20.4 Å². The Morgan fingerprint density at radius 1 is 1.28 bits per heavy atom. The van der Waals surface area contributed by atoms with E-state index in [1.807, 2.05) is 31.3 Å². The van der Waals surface area contributed by atoms with Gasteiger partial charge in [0.05, 0.1) is 7.05 Å². The quantitative estimate of drug-likeness (QED) is 0.438. The first-order valence-corrected chi connectivity index (χ1v) is 10.0. The van der Waals surface area contributed by atoms with Crippen molar-refractivity contribution in [3.05, 3.63) is 42.5 Å². The number of quaternary nitrogens is 1. The van der Waals surface area contributed by atoms with Gasteiger partial charge in [-0.25, -0.2) is 4.79 Å². The highest BCUT2D eigenvalue weighted by Crippen LogP contribution is 2.32. The molecule has 1 aliphatic heterocycles. The molecular formula is C21H29N4O4+. The van der Waals surface area contributed by atoms with Crippen molar-refractivity contribution in [1.29, 1.82) is 0 Å². The van der Waals surface area contributed by atoms with Gasteiger partial charge in [-0.15, -0.1) is 0 Å². The maximum atomic E-state index is 12.7. The summed E-state index contributed by atoms with van der Waals surface area (Å²) in [6.07, 6.45) is 5.80. The first kappa shape index (κ1) is 20.9. The lowest BCUT2D eigenvalue weighted by atomic mass is 9.82. The SMILES string of the molecule is C=CCOc1ccc(C[NH+](C)CC(=O)NN2C(=O)NC3(CCCCC3)C2=O)cc1. The summed E-state index contributed by atoms with van der Waals surface area (Å²) < 4.78 is 5.46. The highest BCUT2D eigenvalue weighted by molar-refractivity contribution is 6.08. The van der Waals surface area contributed by atoms with Crippen LogP contribution >= 0.6 is 0 Å². The largest absolute Gasteiger partial charge is 0.490 e. The van der Waals surface area contributed by atoms with E-state index in [1.165, 1.54) is 0 Å². The summed E-state index contributed by atoms with van der Waals surface area (Å²) in [6, 6.07) is 7.11. The van der Waals surface area contributed by atoms with E-state index in [0.29, 0.717) is 26.0 Å². The van der Waals surface area contributed by atoms with Gasteiger partial charge < -0.3 is 15.0 Å². The fourth-order valence-electron chi connectivity index (χ4n) is 3.92. The maximum absolute atomic E-state index is 12.7. The first-order chi connectivity index (χ1) is 13.9. The van der Waals surface area contributed by atoms with Gasteiger partial charge in [0, 0.05) is 5.56 Å². The minimum atomic E-state index is -0.837. The Kier molecular flexibility index (Phi) is 6.53. The van der Waals surface area contributed by atoms with Crippen molar-refractivity contribution in [2.45, 2.75) is 44.2 Å². The fourth-order valence-corrected chi connectivity index (χ4v) is 3.92. The summed E-state index contributed by atoms with van der Waals surface area (Å²) in [7, 11) is 1.89. The van der Waals surface area contributed by atoms with Crippen molar-refractivity contribution < 1.29 is 24.0 Å². The molecule has 8 heteroatoms. The monoisotopic (exact) mass is 401 g/mol. The smallest absolute Gasteiger partial charge is 0.344 e. The number of hydrazine groups is 1. The number of nitrogens with zero attached hydrogens (tertiary/aromatic N) is 1. The Morgan fingerprint density at radius 3 is 2.62 bits per heavy atom. The lowest BCUT2D eigenvalue weighted by molar-refractivity contribution is -0.885. The second kappa shape index (κ2) is 9.09. The molecule has 2 fully saturated rings. The fraction of sp³-hybridized carbons (Fsp3) is 0.476. The van der Waals surface area contributed by atoms with E-state index in [0.717, 1.165) is 40.5 Å². The molecule has 0 radical (unpaired) electrons. The third kappa shape index (κ3) is 4.95. The molecule has 1 heterocycles. The van der Waals surface area contributed by atoms with Crippen molar-refractivity contribution in [2.75, 3.05) is 20.2 Å². The minimum absolute atomic E-state index is 0.138. The van der Waals surface area contributed by atoms with Crippen molar-refractivity contribution in [2.24, 2.45) is 0 Å². The molecule has 156 valence electrons. The first-order valence-electron chi connectivity index (χ1n) is 10.0. The van der Waals surface area contributed by atoms with Crippen LogP contribution in [0.3, 0.4) is 0 Å². The Balaban J connectivity index is 1.50. The summed E-state index contributed by atoms with van der Waals surface area (Å²) in [6.45, 7) is 4.83. The molecule has 1 unspecified atom stereocenters. The summed E-state index contributed by atoms with van der Waals surface area (Å²) in [5.41, 5.74) is 2.70. The van der Waals surface area contributed by atoms with E-state index >= 15 is 0 Å². The molecule has 1 spiro atoms. The molecule has 1 saturated heterocycles. The highest BCUT2D eigenvalue weighted by Gasteiger charge is 2.52. The summed E-state index contributed by atoms with van der Waals surface area (Å²) in [4.78, 5) is 38.3. The van der Waals surface area contributed by atoms with Crippen LogP contribution in [0.4, 0.5) is 4.79 Å². The van der Waals surface area contributed by atoms with Gasteiger partial charge in [0.15, 0.2) is 6.54 Å². The average Bonchev–Trinajstić information content (AvgIpc) is 2.92. The zero-order valence-electron chi connectivity index (χ0n) is 16.8. The molecule has 8 nitrogen and oxygen atoms in total. The van der Waals surface area contributed by atoms with Gasteiger partial charge in [-0.05, 0) is 37.1 Å². The maximum Gasteiger partial charge on any atom is 0.344 e. The van der Waals surface area contributed by atoms with Gasteiger partial charge in [-0.2, -0.15) is 5.01 Å². The molecule has 1 aromatic carbocycles. The second-order valence-corrected chi connectivity index (χ2v) is 7.80. The van der Waals surface area contributed by atoms with E-state index in [1.54, 1.807) is 6.08 Å². The zero-order valence-corrected chi connectivity index (χ0v) is 16.8. The summed E-state index contributed by atoms with van der Waals surface area (Å²) in [5, 5.41) is 3.64. The molecule has 0 bridgehead atoms. The number of hydrogen-bond donors (Lipinski definition) is 3. The van der Waals surface area contributed by atoms with Crippen LogP contribution in [0.25, 0.3) is 0 Å². The number of ether oxygens (including phenoxy) is 1. The number of rotatable bonds is 8. The second-order valence-electron chi connectivity index (χ2n) is 7.80. The third-order valence-corrected chi connectivity index (χ3v) is 5.36. The van der Waals surface area contributed by atoms with Gasteiger partial charge in [0.25, 0.3) is 11.8 Å². The van der Waals surface area contributed by atoms with Gasteiger partial charge in [0.1, 0.15) is 24.4 Å². The van der Waals surface area contributed by atoms with Crippen LogP contribution in [0.5, 0.6) is 5.75 Å². The normalized spacial score (nSPS) is 19.0. The summed E-state index contributed by atoms with van der Waals surface area (Å²) >= 11 is 0. The molecule has 3 rings (SSSR count). The van der Waals surface area contributed by atoms with Crippen LogP contribution in [0.2, 0.25) is 0 Å². The zero-order chi connectivity index (χ0) is 20.9. The standard InChI is InChI=1S/C21H28N4O4/c1-3-13-29-17-9-7-16(8-10-17)14-24(2)15-18(26)23-25-19(27)21(22-20(25)28)11-5-4-6-12-21/h3,7-10H,1,4-6,11-15H2,2H3,(H,22,28)(H,23,26)/p+1. The summed E-state index contributed by atoms with van der Waals surface area (Å²) in [5.74, 6) is 0.0485. The lowest BCUT2D eigenvalue weighted by Crippen LogP contribution is -3.09. The number of likely N-dealkylation sites (N-methyl/N-ethyl adjacent to an activating group) is 1. The number of amides is 4. The average molecular weight is 401 g/mol. The van der Waals surface area contributed by atoms with Crippen LogP contribution in [-0.2, 0) is 16.1 Å². The molecule has 4 amide bonds.